The number of rotatable bonds is 8. The van der Waals surface area contributed by atoms with E-state index >= 15 is 0 Å². The van der Waals surface area contributed by atoms with Crippen LogP contribution in [0.4, 0.5) is 10.1 Å². The minimum Gasteiger partial charge on any atom is -0.491 e. The number of unbranched alkanes of at least 4 members (excludes halogenated alkanes) is 1. The van der Waals surface area contributed by atoms with Crippen LogP contribution in [-0.2, 0) is 14.8 Å². The molecule has 1 aliphatic heterocycles. The quantitative estimate of drug-likeness (QED) is 0.745. The van der Waals surface area contributed by atoms with Gasteiger partial charge >= 0.3 is 0 Å². The van der Waals surface area contributed by atoms with Crippen molar-refractivity contribution >= 4 is 21.6 Å². The highest BCUT2D eigenvalue weighted by atomic mass is 32.2. The monoisotopic (exact) mass is 386 g/mol. The number of ether oxygens (including phenoxy) is 1. The van der Waals surface area contributed by atoms with Crippen LogP contribution in [0.1, 0.15) is 39.5 Å². The predicted molar refractivity (Wildman–Crippen MR) is 99.2 cm³/mol. The number of sulfonamides is 1. The van der Waals surface area contributed by atoms with Crippen LogP contribution in [-0.4, -0.2) is 44.1 Å². The summed E-state index contributed by atoms with van der Waals surface area (Å²) in [7, 11) is -3.23. The lowest BCUT2D eigenvalue weighted by Crippen LogP contribution is -2.42. The number of carbonyl (C=O) groups excluding carboxylic acids is 1. The van der Waals surface area contributed by atoms with E-state index in [2.05, 4.69) is 5.32 Å². The fourth-order valence-electron chi connectivity index (χ4n) is 2.95. The number of hydrogen-bond donors (Lipinski definition) is 1. The van der Waals surface area contributed by atoms with Gasteiger partial charge in [0.1, 0.15) is 0 Å². The van der Waals surface area contributed by atoms with Crippen LogP contribution in [0.15, 0.2) is 18.2 Å². The molecule has 1 N–H and O–H groups in total. The summed E-state index contributed by atoms with van der Waals surface area (Å²) in [5, 5.41) is 2.71. The molecule has 1 fully saturated rings. The number of anilines is 1. The van der Waals surface area contributed by atoms with E-state index in [0.29, 0.717) is 44.6 Å². The van der Waals surface area contributed by atoms with Crippen LogP contribution in [0.2, 0.25) is 0 Å². The normalized spacial score (nSPS) is 16.4. The molecule has 146 valence electrons. The molecule has 0 unspecified atom stereocenters. The second kappa shape index (κ2) is 9.32. The van der Waals surface area contributed by atoms with Crippen molar-refractivity contribution in [2.45, 2.75) is 39.5 Å². The average molecular weight is 386 g/mol. The van der Waals surface area contributed by atoms with Crippen LogP contribution in [0.25, 0.3) is 0 Å². The van der Waals surface area contributed by atoms with E-state index in [0.717, 1.165) is 6.42 Å². The van der Waals surface area contributed by atoms with Gasteiger partial charge in [0.2, 0.25) is 15.9 Å². The average Bonchev–Trinajstić information content (AvgIpc) is 2.62. The second-order valence-electron chi connectivity index (χ2n) is 6.41. The van der Waals surface area contributed by atoms with Crippen molar-refractivity contribution in [1.29, 1.82) is 0 Å². The third-order valence-electron chi connectivity index (χ3n) is 4.47. The van der Waals surface area contributed by atoms with Gasteiger partial charge in [0.25, 0.3) is 0 Å². The van der Waals surface area contributed by atoms with E-state index in [1.54, 1.807) is 13.0 Å². The lowest BCUT2D eigenvalue weighted by molar-refractivity contribution is -0.120. The largest absolute Gasteiger partial charge is 0.491 e. The first kappa shape index (κ1) is 20.6. The zero-order valence-electron chi connectivity index (χ0n) is 15.3. The van der Waals surface area contributed by atoms with Gasteiger partial charge in [-0.15, -0.1) is 0 Å². The molecule has 0 radical (unpaired) electrons. The van der Waals surface area contributed by atoms with Gasteiger partial charge in [0, 0.05) is 30.8 Å². The van der Waals surface area contributed by atoms with Crippen LogP contribution in [0, 0.1) is 11.7 Å². The van der Waals surface area contributed by atoms with Crippen LogP contribution in [0.3, 0.4) is 0 Å². The summed E-state index contributed by atoms with van der Waals surface area (Å²) in [5.41, 5.74) is 0.369. The molecular formula is C18H27FN2O4S. The van der Waals surface area contributed by atoms with Crippen LogP contribution in [0.5, 0.6) is 5.75 Å². The molecule has 2 rings (SSSR count). The molecule has 1 aromatic carbocycles. The molecule has 1 aromatic rings. The molecule has 8 heteroatoms. The maximum Gasteiger partial charge on any atom is 0.227 e. The van der Waals surface area contributed by atoms with E-state index in [-0.39, 0.29) is 23.3 Å². The highest BCUT2D eigenvalue weighted by molar-refractivity contribution is 7.89. The van der Waals surface area contributed by atoms with E-state index in [1.807, 2.05) is 6.92 Å². The first-order chi connectivity index (χ1) is 12.4. The molecule has 0 aromatic heterocycles. The summed E-state index contributed by atoms with van der Waals surface area (Å²) in [5.74, 6) is -0.703. The van der Waals surface area contributed by atoms with Crippen LogP contribution >= 0.6 is 0 Å². The standard InChI is InChI=1S/C18H27FN2O4S/c1-3-5-12-26(23,24)21-10-8-14(9-11-21)18(22)20-15-6-7-17(25-4-2)16(19)13-15/h6-7,13-14H,3-5,8-12H2,1-2H3,(H,20,22). The summed E-state index contributed by atoms with van der Waals surface area (Å²) in [4.78, 5) is 12.4. The highest BCUT2D eigenvalue weighted by Crippen LogP contribution is 2.24. The number of carbonyl (C=O) groups is 1. The maximum atomic E-state index is 13.9. The topological polar surface area (TPSA) is 75.7 Å². The Hall–Kier alpha value is -1.67. The molecule has 0 atom stereocenters. The first-order valence-corrected chi connectivity index (χ1v) is 10.7. The van der Waals surface area contributed by atoms with Gasteiger partial charge < -0.3 is 10.1 Å². The number of benzene rings is 1. The summed E-state index contributed by atoms with van der Waals surface area (Å²) in [6, 6.07) is 4.31. The first-order valence-electron chi connectivity index (χ1n) is 9.08. The molecule has 0 aliphatic carbocycles. The third-order valence-corrected chi connectivity index (χ3v) is 6.43. The Morgan fingerprint density at radius 1 is 1.31 bits per heavy atom. The van der Waals surface area contributed by atoms with Gasteiger partial charge in [-0.2, -0.15) is 0 Å². The van der Waals surface area contributed by atoms with E-state index < -0.39 is 15.8 Å². The van der Waals surface area contributed by atoms with Crippen molar-refractivity contribution in [2.24, 2.45) is 5.92 Å². The number of amides is 1. The molecule has 1 heterocycles. The lowest BCUT2D eigenvalue weighted by atomic mass is 9.97. The molecule has 6 nitrogen and oxygen atoms in total. The van der Waals surface area contributed by atoms with E-state index in [4.69, 9.17) is 4.74 Å². The number of piperidine rings is 1. The highest BCUT2D eigenvalue weighted by Gasteiger charge is 2.30. The van der Waals surface area contributed by atoms with Gasteiger partial charge in [-0.3, -0.25) is 4.79 Å². The number of hydrogen-bond acceptors (Lipinski definition) is 4. The van der Waals surface area contributed by atoms with Crippen molar-refractivity contribution in [1.82, 2.24) is 4.31 Å². The zero-order valence-corrected chi connectivity index (χ0v) is 16.1. The van der Waals surface area contributed by atoms with Crippen molar-refractivity contribution in [3.05, 3.63) is 24.0 Å². The predicted octanol–water partition coefficient (Wildman–Crippen LogP) is 3.00. The second-order valence-corrected chi connectivity index (χ2v) is 8.50. The van der Waals surface area contributed by atoms with E-state index in [1.165, 1.54) is 16.4 Å². The third kappa shape index (κ3) is 5.41. The number of nitrogens with zero attached hydrogens (tertiary/aromatic N) is 1. The number of nitrogens with one attached hydrogen (secondary N) is 1. The Kier molecular flexibility index (Phi) is 7.40. The Morgan fingerprint density at radius 3 is 2.58 bits per heavy atom. The maximum absolute atomic E-state index is 13.9. The summed E-state index contributed by atoms with van der Waals surface area (Å²) >= 11 is 0. The Morgan fingerprint density at radius 2 is 2.00 bits per heavy atom. The van der Waals surface area contributed by atoms with Gasteiger partial charge in [-0.25, -0.2) is 17.1 Å². The minimum absolute atomic E-state index is 0.149. The van der Waals surface area contributed by atoms with Crippen molar-refractivity contribution in [3.63, 3.8) is 0 Å². The summed E-state index contributed by atoms with van der Waals surface area (Å²) in [6.07, 6.45) is 2.41. The zero-order chi connectivity index (χ0) is 19.2. The Labute approximate surface area is 154 Å². The molecule has 0 spiro atoms. The Bertz CT molecular complexity index is 716. The molecule has 1 amide bonds. The van der Waals surface area contributed by atoms with Crippen LogP contribution < -0.4 is 10.1 Å². The summed E-state index contributed by atoms with van der Waals surface area (Å²) < 4.78 is 44.9. The molecule has 26 heavy (non-hydrogen) atoms. The van der Waals surface area contributed by atoms with E-state index in [9.17, 15) is 17.6 Å². The van der Waals surface area contributed by atoms with Crippen molar-refractivity contribution in [3.8, 4) is 5.75 Å². The fraction of sp³-hybridized carbons (Fsp3) is 0.611. The van der Waals surface area contributed by atoms with Crippen molar-refractivity contribution < 1.29 is 22.3 Å². The minimum atomic E-state index is -3.23. The lowest BCUT2D eigenvalue weighted by Gasteiger charge is -2.30. The van der Waals surface area contributed by atoms with Gasteiger partial charge in [0.05, 0.1) is 12.4 Å². The Balaban J connectivity index is 1.89. The fourth-order valence-corrected chi connectivity index (χ4v) is 4.63. The molecule has 1 saturated heterocycles. The molecular weight excluding hydrogens is 359 g/mol. The number of halogens is 1. The molecule has 1 aliphatic rings. The summed E-state index contributed by atoms with van der Waals surface area (Å²) in [6.45, 7) is 4.78. The van der Waals surface area contributed by atoms with Gasteiger partial charge in [-0.05, 0) is 38.3 Å². The molecule has 0 saturated carbocycles. The molecule has 0 bridgehead atoms. The van der Waals surface area contributed by atoms with Gasteiger partial charge in [0.15, 0.2) is 11.6 Å². The smallest absolute Gasteiger partial charge is 0.227 e. The SMILES string of the molecule is CCCCS(=O)(=O)N1CCC(C(=O)Nc2ccc(OCC)c(F)c2)CC1. The van der Waals surface area contributed by atoms with Crippen molar-refractivity contribution in [2.75, 3.05) is 30.8 Å². The van der Waals surface area contributed by atoms with Gasteiger partial charge in [-0.1, -0.05) is 13.3 Å².